The van der Waals surface area contributed by atoms with E-state index in [1.54, 1.807) is 23.1 Å². The zero-order valence-electron chi connectivity index (χ0n) is 17.8. The molecule has 0 spiro atoms. The van der Waals surface area contributed by atoms with Crippen molar-refractivity contribution >= 4 is 21.4 Å². The standard InChI is InChI=1S/C22H27NO7S/c1-15-4-7-18(8-5-15)30-20-10-11-23(22(20)25)16-6-9-19(21(12-16)28-2)29-13-17(24)14-31(3,26)27/h4-9,12,17,20,24H,10-11,13-14H2,1-3H3/t17-,20?/m1/s1. The molecule has 2 aromatic rings. The van der Waals surface area contributed by atoms with Crippen LogP contribution in [0.4, 0.5) is 5.69 Å². The number of nitrogens with zero attached hydrogens (tertiary/aromatic N) is 1. The minimum atomic E-state index is -3.31. The Hall–Kier alpha value is -2.78. The smallest absolute Gasteiger partial charge is 0.268 e. The summed E-state index contributed by atoms with van der Waals surface area (Å²) >= 11 is 0. The average molecular weight is 450 g/mol. The van der Waals surface area contributed by atoms with E-state index in [1.165, 1.54) is 7.11 Å². The van der Waals surface area contributed by atoms with Gasteiger partial charge in [-0.15, -0.1) is 0 Å². The van der Waals surface area contributed by atoms with Crippen molar-refractivity contribution in [1.82, 2.24) is 0 Å². The number of carbonyl (C=O) groups is 1. The van der Waals surface area contributed by atoms with Gasteiger partial charge in [-0.3, -0.25) is 4.79 Å². The lowest BCUT2D eigenvalue weighted by molar-refractivity contribution is -0.122. The molecule has 0 saturated carbocycles. The SMILES string of the molecule is COc1cc(N2CCC(Oc3ccc(C)cc3)C2=O)ccc1OC[C@@H](O)CS(C)(=O)=O. The highest BCUT2D eigenvalue weighted by Crippen LogP contribution is 2.34. The maximum absolute atomic E-state index is 12.8. The van der Waals surface area contributed by atoms with Gasteiger partial charge in [0.15, 0.2) is 17.6 Å². The molecule has 31 heavy (non-hydrogen) atoms. The lowest BCUT2D eigenvalue weighted by atomic mass is 10.2. The van der Waals surface area contributed by atoms with Gasteiger partial charge in [-0.2, -0.15) is 0 Å². The number of rotatable bonds is 9. The Morgan fingerprint density at radius 3 is 2.52 bits per heavy atom. The van der Waals surface area contributed by atoms with Gasteiger partial charge < -0.3 is 24.2 Å². The number of aryl methyl sites for hydroxylation is 1. The number of hydrogen-bond acceptors (Lipinski definition) is 7. The van der Waals surface area contributed by atoms with Crippen LogP contribution in [0.25, 0.3) is 0 Å². The summed E-state index contributed by atoms with van der Waals surface area (Å²) in [5.74, 6) is 0.843. The summed E-state index contributed by atoms with van der Waals surface area (Å²) in [5, 5.41) is 9.83. The van der Waals surface area contributed by atoms with Crippen molar-refractivity contribution in [2.75, 3.05) is 37.2 Å². The van der Waals surface area contributed by atoms with Gasteiger partial charge in [0.25, 0.3) is 5.91 Å². The molecule has 0 aliphatic carbocycles. The van der Waals surface area contributed by atoms with Gasteiger partial charge in [0.05, 0.1) is 12.9 Å². The van der Waals surface area contributed by atoms with Crippen LogP contribution in [-0.2, 0) is 14.6 Å². The first kappa shape index (κ1) is 22.9. The molecule has 1 heterocycles. The second-order valence-electron chi connectivity index (χ2n) is 7.59. The molecule has 1 saturated heterocycles. The Balaban J connectivity index is 1.66. The number of carbonyl (C=O) groups excluding carboxylic acids is 1. The molecule has 0 aromatic heterocycles. The zero-order valence-corrected chi connectivity index (χ0v) is 18.6. The monoisotopic (exact) mass is 449 g/mol. The average Bonchev–Trinajstić information content (AvgIpc) is 3.07. The minimum absolute atomic E-state index is 0.139. The number of sulfone groups is 1. The van der Waals surface area contributed by atoms with E-state index in [9.17, 15) is 18.3 Å². The quantitative estimate of drug-likeness (QED) is 0.624. The summed E-state index contributed by atoms with van der Waals surface area (Å²) in [6, 6.07) is 12.6. The molecular weight excluding hydrogens is 422 g/mol. The molecule has 1 aliphatic heterocycles. The molecule has 168 valence electrons. The summed E-state index contributed by atoms with van der Waals surface area (Å²) in [6.45, 7) is 2.29. The van der Waals surface area contributed by atoms with Crippen LogP contribution in [-0.4, -0.2) is 63.9 Å². The molecule has 8 nitrogen and oxygen atoms in total. The Kier molecular flexibility index (Phi) is 7.07. The summed E-state index contributed by atoms with van der Waals surface area (Å²) in [4.78, 5) is 14.5. The highest BCUT2D eigenvalue weighted by molar-refractivity contribution is 7.90. The highest BCUT2D eigenvalue weighted by atomic mass is 32.2. The lowest BCUT2D eigenvalue weighted by Crippen LogP contribution is -2.32. The fourth-order valence-electron chi connectivity index (χ4n) is 3.33. The van der Waals surface area contributed by atoms with Crippen LogP contribution in [0.3, 0.4) is 0 Å². The van der Waals surface area contributed by atoms with Crippen LogP contribution in [0.15, 0.2) is 42.5 Å². The van der Waals surface area contributed by atoms with E-state index in [4.69, 9.17) is 14.2 Å². The number of hydrogen-bond donors (Lipinski definition) is 1. The number of anilines is 1. The topological polar surface area (TPSA) is 102 Å². The summed E-state index contributed by atoms with van der Waals surface area (Å²) in [5.41, 5.74) is 1.76. The van der Waals surface area contributed by atoms with Gasteiger partial charge in [-0.25, -0.2) is 8.42 Å². The van der Waals surface area contributed by atoms with Crippen LogP contribution in [0.5, 0.6) is 17.2 Å². The van der Waals surface area contributed by atoms with Crippen LogP contribution in [0.2, 0.25) is 0 Å². The molecule has 1 amide bonds. The van der Waals surface area contributed by atoms with Crippen molar-refractivity contribution in [3.05, 3.63) is 48.0 Å². The predicted molar refractivity (Wildman–Crippen MR) is 117 cm³/mol. The molecule has 2 atom stereocenters. The first-order valence-corrected chi connectivity index (χ1v) is 11.9. The van der Waals surface area contributed by atoms with Crippen molar-refractivity contribution in [2.24, 2.45) is 0 Å². The van der Waals surface area contributed by atoms with Gasteiger partial charge >= 0.3 is 0 Å². The Bertz CT molecular complexity index is 1020. The molecule has 1 unspecified atom stereocenters. The normalized spacial score (nSPS) is 17.5. The van der Waals surface area contributed by atoms with Gasteiger partial charge in [0, 0.05) is 31.0 Å². The van der Waals surface area contributed by atoms with E-state index in [1.807, 2.05) is 31.2 Å². The van der Waals surface area contributed by atoms with Crippen molar-refractivity contribution < 1.29 is 32.5 Å². The molecule has 9 heteroatoms. The fraction of sp³-hybridized carbons (Fsp3) is 0.409. The van der Waals surface area contributed by atoms with E-state index in [2.05, 4.69) is 0 Å². The van der Waals surface area contributed by atoms with Crippen LogP contribution in [0.1, 0.15) is 12.0 Å². The molecular formula is C22H27NO7S. The van der Waals surface area contributed by atoms with E-state index >= 15 is 0 Å². The zero-order chi connectivity index (χ0) is 22.6. The third-order valence-corrected chi connectivity index (χ3v) is 5.83. The number of aliphatic hydroxyl groups excluding tert-OH is 1. The van der Waals surface area contributed by atoms with E-state index in [-0.39, 0.29) is 12.5 Å². The Labute approximate surface area is 182 Å². The third kappa shape index (κ3) is 6.11. The first-order valence-electron chi connectivity index (χ1n) is 9.87. The molecule has 1 N–H and O–H groups in total. The molecule has 0 radical (unpaired) electrons. The number of methoxy groups -OCH3 is 1. The summed E-state index contributed by atoms with van der Waals surface area (Å²) in [7, 11) is -1.85. The molecule has 1 fully saturated rings. The first-order chi connectivity index (χ1) is 14.7. The largest absolute Gasteiger partial charge is 0.493 e. The second kappa shape index (κ2) is 9.57. The number of benzene rings is 2. The number of amides is 1. The van der Waals surface area contributed by atoms with E-state index < -0.39 is 27.8 Å². The molecule has 1 aliphatic rings. The van der Waals surface area contributed by atoms with Gasteiger partial charge in [0.1, 0.15) is 28.3 Å². The lowest BCUT2D eigenvalue weighted by Gasteiger charge is -2.20. The number of ether oxygens (including phenoxy) is 3. The van der Waals surface area contributed by atoms with Gasteiger partial charge in [-0.05, 0) is 31.2 Å². The predicted octanol–water partition coefficient (Wildman–Crippen LogP) is 1.97. The maximum atomic E-state index is 12.8. The summed E-state index contributed by atoms with van der Waals surface area (Å²) < 4.78 is 39.3. The summed E-state index contributed by atoms with van der Waals surface area (Å²) in [6.07, 6.45) is -0.102. The van der Waals surface area contributed by atoms with Crippen molar-refractivity contribution in [3.63, 3.8) is 0 Å². The number of aliphatic hydroxyl groups is 1. The third-order valence-electron chi connectivity index (χ3n) is 4.84. The van der Waals surface area contributed by atoms with Gasteiger partial charge in [-0.1, -0.05) is 17.7 Å². The Morgan fingerprint density at radius 1 is 1.16 bits per heavy atom. The van der Waals surface area contributed by atoms with E-state index in [0.717, 1.165) is 11.8 Å². The Morgan fingerprint density at radius 2 is 1.87 bits per heavy atom. The maximum Gasteiger partial charge on any atom is 0.268 e. The van der Waals surface area contributed by atoms with Crippen LogP contribution < -0.4 is 19.1 Å². The van der Waals surface area contributed by atoms with Crippen molar-refractivity contribution in [3.8, 4) is 17.2 Å². The van der Waals surface area contributed by atoms with Crippen LogP contribution in [0, 0.1) is 6.92 Å². The second-order valence-corrected chi connectivity index (χ2v) is 9.78. The minimum Gasteiger partial charge on any atom is -0.493 e. The highest BCUT2D eigenvalue weighted by Gasteiger charge is 2.34. The fourth-order valence-corrected chi connectivity index (χ4v) is 4.12. The van der Waals surface area contributed by atoms with E-state index in [0.29, 0.717) is 35.9 Å². The van der Waals surface area contributed by atoms with Gasteiger partial charge in [0.2, 0.25) is 0 Å². The molecule has 0 bridgehead atoms. The van der Waals surface area contributed by atoms with Crippen LogP contribution >= 0.6 is 0 Å². The van der Waals surface area contributed by atoms with Crippen molar-refractivity contribution in [2.45, 2.75) is 25.6 Å². The molecule has 3 rings (SSSR count). The van der Waals surface area contributed by atoms with Crippen molar-refractivity contribution in [1.29, 1.82) is 0 Å². The molecule has 2 aromatic carbocycles.